The zero-order chi connectivity index (χ0) is 9.11. The largest absolute Gasteiger partial charge is 0.400 e. The minimum atomic E-state index is 0. The molecule has 0 saturated heterocycles. The second kappa shape index (κ2) is 18.1. The number of aliphatic hydroxyl groups is 1. The number of hydrogen-bond acceptors (Lipinski definition) is 1. The molecule has 0 aromatic rings. The average molecular weight is 264 g/mol. The van der Waals surface area contributed by atoms with Crippen LogP contribution in [-0.2, 0) is 32.7 Å². The molecule has 0 fully saturated rings. The van der Waals surface area contributed by atoms with Crippen LogP contribution in [0.4, 0.5) is 0 Å². The predicted molar refractivity (Wildman–Crippen MR) is 54.6 cm³/mol. The Morgan fingerprint density at radius 1 is 1.00 bits per heavy atom. The van der Waals surface area contributed by atoms with E-state index in [1.807, 2.05) is 0 Å². The third-order valence-corrected chi connectivity index (χ3v) is 4.94. The van der Waals surface area contributed by atoms with E-state index in [0.29, 0.717) is 0 Å². The fraction of sp³-hybridized carbons (Fsp3) is 1.00. The minimum Gasteiger partial charge on any atom is -0.400 e. The molecule has 0 bridgehead atoms. The average Bonchev–Trinajstić information content (AvgIpc) is 2.10. The molecule has 0 spiro atoms. The van der Waals surface area contributed by atoms with Crippen LogP contribution < -0.4 is 0 Å². The van der Waals surface area contributed by atoms with Gasteiger partial charge in [-0.1, -0.05) is 51.7 Å². The Morgan fingerprint density at radius 3 is 1.67 bits per heavy atom. The summed E-state index contributed by atoms with van der Waals surface area (Å²) in [5.41, 5.74) is 0. The van der Waals surface area contributed by atoms with Crippen molar-refractivity contribution in [3.05, 3.63) is 0 Å². The van der Waals surface area contributed by atoms with E-state index in [1.54, 1.807) is 6.04 Å². The topological polar surface area (TPSA) is 20.2 Å². The molecular weight excluding hydrogens is 241 g/mol. The summed E-state index contributed by atoms with van der Waals surface area (Å²) in [7, 11) is 1.11. The minimum absolute atomic E-state index is 0. The van der Waals surface area contributed by atoms with Gasteiger partial charge in [-0.25, -0.2) is 0 Å². The van der Waals surface area contributed by atoms with Gasteiger partial charge in [0.25, 0.3) is 0 Å². The van der Waals surface area contributed by atoms with E-state index in [9.17, 15) is 0 Å². The molecule has 0 unspecified atom stereocenters. The van der Waals surface area contributed by atoms with E-state index in [0.717, 1.165) is 7.11 Å². The van der Waals surface area contributed by atoms with Crippen molar-refractivity contribution in [1.29, 1.82) is 0 Å². The zero-order valence-corrected chi connectivity index (χ0v) is 12.9. The van der Waals surface area contributed by atoms with Gasteiger partial charge >= 0.3 is 0 Å². The smallest absolute Gasteiger partial charge is 0.0473 e. The van der Waals surface area contributed by atoms with Gasteiger partial charge in [-0.3, -0.25) is 0 Å². The number of rotatable bonds is 5. The summed E-state index contributed by atoms with van der Waals surface area (Å²) in [6, 6.07) is 4.50. The quantitative estimate of drug-likeness (QED) is 0.757. The molecule has 0 aliphatic carbocycles. The van der Waals surface area contributed by atoms with Crippen LogP contribution >= 0.6 is 0 Å². The van der Waals surface area contributed by atoms with Gasteiger partial charge in [0.05, 0.1) is 0 Å². The van der Waals surface area contributed by atoms with Crippen molar-refractivity contribution in [2.45, 2.75) is 51.7 Å². The van der Waals surface area contributed by atoms with Crippen LogP contribution in [0, 0.1) is 0 Å². The number of hydrogen-bond donors (Lipinski definition) is 1. The van der Waals surface area contributed by atoms with Crippen molar-refractivity contribution in [3.8, 4) is 0 Å². The fourth-order valence-electron chi connectivity index (χ4n) is 1.03. The molecule has 72 valence electrons. The standard InChI is InChI=1S/C8H19Si.CH4O.Y/c1-4-7-8-9(5-2)6-3;1-2;/h4-8H2,1-3H3;2H,1H3;. The molecule has 3 heteroatoms. The summed E-state index contributed by atoms with van der Waals surface area (Å²) in [4.78, 5) is 0. The van der Waals surface area contributed by atoms with Crippen LogP contribution in [0.5, 0.6) is 0 Å². The summed E-state index contributed by atoms with van der Waals surface area (Å²) in [6.07, 6.45) is 2.85. The van der Waals surface area contributed by atoms with Crippen molar-refractivity contribution in [1.82, 2.24) is 0 Å². The van der Waals surface area contributed by atoms with Crippen LogP contribution in [0.25, 0.3) is 0 Å². The molecule has 0 aromatic carbocycles. The fourth-order valence-corrected chi connectivity index (χ4v) is 3.09. The molecule has 12 heavy (non-hydrogen) atoms. The molecule has 0 atom stereocenters. The van der Waals surface area contributed by atoms with Crippen molar-refractivity contribution in [2.75, 3.05) is 7.11 Å². The van der Waals surface area contributed by atoms with E-state index in [1.165, 1.54) is 24.9 Å². The van der Waals surface area contributed by atoms with E-state index in [4.69, 9.17) is 5.11 Å². The van der Waals surface area contributed by atoms with Gasteiger partial charge in [-0.2, -0.15) is 0 Å². The molecule has 0 heterocycles. The monoisotopic (exact) mass is 264 g/mol. The summed E-state index contributed by atoms with van der Waals surface area (Å²) >= 11 is 0. The van der Waals surface area contributed by atoms with Crippen molar-refractivity contribution in [2.24, 2.45) is 0 Å². The second-order valence-electron chi connectivity index (χ2n) is 2.56. The van der Waals surface area contributed by atoms with Gasteiger partial charge in [-0.15, -0.1) is 0 Å². The van der Waals surface area contributed by atoms with Crippen LogP contribution in [0.3, 0.4) is 0 Å². The summed E-state index contributed by atoms with van der Waals surface area (Å²) in [6.45, 7) is 6.96. The molecule has 0 saturated carbocycles. The van der Waals surface area contributed by atoms with Crippen LogP contribution in [0.1, 0.15) is 33.6 Å². The van der Waals surface area contributed by atoms with Crippen LogP contribution in [0.15, 0.2) is 0 Å². The first-order chi connectivity index (χ1) is 5.35. The Labute approximate surface area is 105 Å². The maximum absolute atomic E-state index is 7.00. The Morgan fingerprint density at radius 2 is 1.42 bits per heavy atom. The predicted octanol–water partition coefficient (Wildman–Crippen LogP) is 2.93. The van der Waals surface area contributed by atoms with E-state index in [2.05, 4.69) is 20.8 Å². The van der Waals surface area contributed by atoms with Gasteiger partial charge in [0.2, 0.25) is 0 Å². The van der Waals surface area contributed by atoms with Crippen molar-refractivity contribution in [3.63, 3.8) is 0 Å². The molecule has 2 radical (unpaired) electrons. The van der Waals surface area contributed by atoms with Gasteiger partial charge in [-0.05, 0) is 0 Å². The zero-order valence-electron chi connectivity index (χ0n) is 9.06. The molecule has 0 aromatic heterocycles. The Hall–Kier alpha value is 1.28. The van der Waals surface area contributed by atoms with E-state index >= 15 is 0 Å². The molecule has 0 aliphatic rings. The molecule has 1 nitrogen and oxygen atoms in total. The van der Waals surface area contributed by atoms with Gasteiger partial charge in [0, 0.05) is 48.6 Å². The Bertz CT molecular complexity index is 58.5. The molecule has 0 aliphatic heterocycles. The summed E-state index contributed by atoms with van der Waals surface area (Å²) in [5.74, 6) is 0. The molecular formula is C9H23OSiY. The Kier molecular flexibility index (Phi) is 28.7. The van der Waals surface area contributed by atoms with Crippen LogP contribution in [-0.4, -0.2) is 21.0 Å². The van der Waals surface area contributed by atoms with E-state index in [-0.39, 0.29) is 41.5 Å². The first kappa shape index (κ1) is 19.0. The summed E-state index contributed by atoms with van der Waals surface area (Å²) in [5, 5.41) is 7.00. The normalized spacial score (nSPS) is 8.50. The third kappa shape index (κ3) is 13.8. The first-order valence-electron chi connectivity index (χ1n) is 4.63. The van der Waals surface area contributed by atoms with Crippen molar-refractivity contribution >= 4 is 8.80 Å². The first-order valence-corrected chi connectivity index (χ1v) is 6.75. The number of unbranched alkanes of at least 4 members (excludes halogenated alkanes) is 1. The summed E-state index contributed by atoms with van der Waals surface area (Å²) < 4.78 is 0. The third-order valence-electron chi connectivity index (χ3n) is 1.88. The maximum atomic E-state index is 7.00. The SMILES string of the molecule is CCCC[Si](CC)CC.CO.[Y]. The second-order valence-corrected chi connectivity index (χ2v) is 5.97. The van der Waals surface area contributed by atoms with Crippen LogP contribution in [0.2, 0.25) is 18.1 Å². The van der Waals surface area contributed by atoms with Gasteiger partial charge < -0.3 is 5.11 Å². The molecule has 0 amide bonds. The number of aliphatic hydroxyl groups excluding tert-OH is 1. The molecule has 1 N–H and O–H groups in total. The van der Waals surface area contributed by atoms with Gasteiger partial charge in [0.15, 0.2) is 0 Å². The van der Waals surface area contributed by atoms with Gasteiger partial charge in [0.1, 0.15) is 0 Å². The van der Waals surface area contributed by atoms with E-state index < -0.39 is 0 Å². The maximum Gasteiger partial charge on any atom is 0.0473 e. The molecule has 0 rings (SSSR count). The van der Waals surface area contributed by atoms with Crippen molar-refractivity contribution < 1.29 is 37.8 Å². The Balaban J connectivity index is -0.000000249.